The normalized spacial score (nSPS) is 13.8. The lowest BCUT2D eigenvalue weighted by molar-refractivity contribution is 0.411. The standard InChI is InChI=1S/C26H38O3/c1-19(9-6-10-20(2)13-8-14-23(5)27)11-7-12-21(3)15-16-24-18-25(28)17-22(4)26(24)29/h10-11,14-15,17-18,27-29H,6-9,12-13,16H2,1-5H3/b19-11+,20-10+,21-15+,23-14?. The molecule has 0 saturated heterocycles. The topological polar surface area (TPSA) is 60.7 Å². The molecular formula is C26H38O3. The maximum Gasteiger partial charge on any atom is 0.122 e. The van der Waals surface area contributed by atoms with Gasteiger partial charge in [0.2, 0.25) is 0 Å². The second-order valence-electron chi connectivity index (χ2n) is 8.09. The lowest BCUT2D eigenvalue weighted by atomic mass is 10.0. The Balaban J connectivity index is 2.40. The van der Waals surface area contributed by atoms with Crippen LogP contribution in [-0.4, -0.2) is 15.3 Å². The van der Waals surface area contributed by atoms with Crippen LogP contribution < -0.4 is 0 Å². The molecule has 1 rings (SSSR count). The van der Waals surface area contributed by atoms with Crippen LogP contribution in [0.1, 0.15) is 77.3 Å². The molecule has 0 heterocycles. The molecule has 0 aliphatic carbocycles. The summed E-state index contributed by atoms with van der Waals surface area (Å²) in [4.78, 5) is 0. The summed E-state index contributed by atoms with van der Waals surface area (Å²) in [5, 5.41) is 29.0. The molecule has 0 aliphatic rings. The van der Waals surface area contributed by atoms with Gasteiger partial charge in [0.15, 0.2) is 0 Å². The molecule has 1 aromatic carbocycles. The van der Waals surface area contributed by atoms with Crippen LogP contribution in [0, 0.1) is 6.92 Å². The zero-order valence-electron chi connectivity index (χ0n) is 18.8. The first-order valence-electron chi connectivity index (χ1n) is 10.5. The number of aliphatic hydroxyl groups is 1. The predicted molar refractivity (Wildman–Crippen MR) is 124 cm³/mol. The molecule has 0 spiro atoms. The van der Waals surface area contributed by atoms with Crippen LogP contribution in [0.2, 0.25) is 0 Å². The predicted octanol–water partition coefficient (Wildman–Crippen LogP) is 7.59. The Hall–Kier alpha value is -2.42. The largest absolute Gasteiger partial charge is 0.513 e. The minimum absolute atomic E-state index is 0.198. The lowest BCUT2D eigenvalue weighted by Crippen LogP contribution is -1.88. The number of rotatable bonds is 11. The van der Waals surface area contributed by atoms with E-state index in [0.717, 1.165) is 44.1 Å². The van der Waals surface area contributed by atoms with Crippen molar-refractivity contribution in [1.29, 1.82) is 0 Å². The van der Waals surface area contributed by atoms with E-state index in [1.807, 2.05) is 6.08 Å². The number of benzene rings is 1. The Bertz CT molecular complexity index is 775. The molecule has 3 nitrogen and oxygen atoms in total. The fourth-order valence-electron chi connectivity index (χ4n) is 3.18. The second kappa shape index (κ2) is 12.9. The van der Waals surface area contributed by atoms with Gasteiger partial charge < -0.3 is 15.3 Å². The van der Waals surface area contributed by atoms with E-state index in [-0.39, 0.29) is 11.5 Å². The van der Waals surface area contributed by atoms with E-state index in [2.05, 4.69) is 39.0 Å². The number of phenols is 2. The minimum atomic E-state index is 0.198. The van der Waals surface area contributed by atoms with Gasteiger partial charge in [0.1, 0.15) is 11.5 Å². The molecule has 0 aliphatic heterocycles. The lowest BCUT2D eigenvalue weighted by Gasteiger charge is -2.07. The van der Waals surface area contributed by atoms with E-state index in [0.29, 0.717) is 17.7 Å². The number of phenolic OH excluding ortho intramolecular Hbond substituents is 2. The molecule has 1 aromatic rings. The van der Waals surface area contributed by atoms with Gasteiger partial charge in [-0.25, -0.2) is 0 Å². The number of aliphatic hydroxyl groups excluding tert-OH is 1. The Labute approximate surface area is 176 Å². The van der Waals surface area contributed by atoms with Crippen molar-refractivity contribution < 1.29 is 15.3 Å². The van der Waals surface area contributed by atoms with Crippen molar-refractivity contribution in [3.8, 4) is 11.5 Å². The average molecular weight is 399 g/mol. The molecule has 3 heteroatoms. The van der Waals surface area contributed by atoms with Gasteiger partial charge in [0.05, 0.1) is 5.76 Å². The summed E-state index contributed by atoms with van der Waals surface area (Å²) in [5.74, 6) is 0.868. The van der Waals surface area contributed by atoms with Gasteiger partial charge in [-0.15, -0.1) is 0 Å². The number of aryl methyl sites for hydroxylation is 1. The zero-order chi connectivity index (χ0) is 21.8. The molecule has 0 radical (unpaired) electrons. The van der Waals surface area contributed by atoms with Gasteiger partial charge in [0.25, 0.3) is 0 Å². The second-order valence-corrected chi connectivity index (χ2v) is 8.09. The molecule has 0 saturated carbocycles. The molecule has 29 heavy (non-hydrogen) atoms. The maximum atomic E-state index is 10.1. The summed E-state index contributed by atoms with van der Waals surface area (Å²) in [7, 11) is 0. The van der Waals surface area contributed by atoms with Gasteiger partial charge >= 0.3 is 0 Å². The van der Waals surface area contributed by atoms with Gasteiger partial charge in [-0.2, -0.15) is 0 Å². The number of hydrogen-bond acceptors (Lipinski definition) is 3. The highest BCUT2D eigenvalue weighted by atomic mass is 16.3. The van der Waals surface area contributed by atoms with Crippen molar-refractivity contribution in [2.75, 3.05) is 0 Å². The van der Waals surface area contributed by atoms with Crippen LogP contribution in [0.5, 0.6) is 11.5 Å². The molecular weight excluding hydrogens is 360 g/mol. The van der Waals surface area contributed by atoms with E-state index in [9.17, 15) is 15.3 Å². The highest BCUT2D eigenvalue weighted by Crippen LogP contribution is 2.28. The SMILES string of the molecule is CC(O)=CCC/C(C)=C/CC/C(C)=C/CC/C(C)=C/Cc1cc(O)cc(C)c1O. The summed E-state index contributed by atoms with van der Waals surface area (Å²) in [6.07, 6.45) is 15.3. The molecule has 160 valence electrons. The molecule has 0 fully saturated rings. The molecule has 0 unspecified atom stereocenters. The first kappa shape index (κ1) is 24.6. The van der Waals surface area contributed by atoms with Crippen LogP contribution in [0.4, 0.5) is 0 Å². The number of allylic oxidation sites excluding steroid dienone is 8. The third-order valence-corrected chi connectivity index (χ3v) is 5.08. The summed E-state index contributed by atoms with van der Waals surface area (Å²) in [5.41, 5.74) is 5.54. The van der Waals surface area contributed by atoms with Crippen LogP contribution in [0.3, 0.4) is 0 Å². The van der Waals surface area contributed by atoms with Crippen molar-refractivity contribution in [1.82, 2.24) is 0 Å². The Kier molecular flexibility index (Phi) is 11.0. The quantitative estimate of drug-likeness (QED) is 0.204. The van der Waals surface area contributed by atoms with Gasteiger partial charge in [-0.1, -0.05) is 34.9 Å². The fourth-order valence-corrected chi connectivity index (χ4v) is 3.18. The van der Waals surface area contributed by atoms with Crippen molar-refractivity contribution in [3.63, 3.8) is 0 Å². The Morgan fingerprint density at radius 3 is 1.76 bits per heavy atom. The number of hydrogen-bond donors (Lipinski definition) is 3. The third-order valence-electron chi connectivity index (χ3n) is 5.08. The van der Waals surface area contributed by atoms with Crippen LogP contribution >= 0.6 is 0 Å². The maximum absolute atomic E-state index is 10.1. The molecule has 3 N–H and O–H groups in total. The van der Waals surface area contributed by atoms with Crippen molar-refractivity contribution in [3.05, 3.63) is 70.0 Å². The smallest absolute Gasteiger partial charge is 0.122 e. The summed E-state index contributed by atoms with van der Waals surface area (Å²) in [6, 6.07) is 3.21. The highest BCUT2D eigenvalue weighted by molar-refractivity contribution is 5.46. The van der Waals surface area contributed by atoms with Gasteiger partial charge in [0, 0.05) is 5.56 Å². The Morgan fingerprint density at radius 1 is 0.759 bits per heavy atom. The van der Waals surface area contributed by atoms with Crippen LogP contribution in [-0.2, 0) is 6.42 Å². The van der Waals surface area contributed by atoms with E-state index in [1.54, 1.807) is 26.0 Å². The van der Waals surface area contributed by atoms with E-state index >= 15 is 0 Å². The van der Waals surface area contributed by atoms with E-state index in [1.165, 1.54) is 16.7 Å². The van der Waals surface area contributed by atoms with Gasteiger partial charge in [-0.3, -0.25) is 0 Å². The third kappa shape index (κ3) is 10.6. The van der Waals surface area contributed by atoms with Crippen molar-refractivity contribution in [2.45, 2.75) is 79.6 Å². The first-order chi connectivity index (χ1) is 13.7. The van der Waals surface area contributed by atoms with Crippen LogP contribution in [0.15, 0.2) is 58.9 Å². The molecule has 0 aromatic heterocycles. The fraction of sp³-hybridized carbons (Fsp3) is 0.462. The Morgan fingerprint density at radius 2 is 1.24 bits per heavy atom. The minimum Gasteiger partial charge on any atom is -0.513 e. The van der Waals surface area contributed by atoms with E-state index in [4.69, 9.17) is 0 Å². The highest BCUT2D eigenvalue weighted by Gasteiger charge is 2.05. The summed E-state index contributed by atoms with van der Waals surface area (Å²) in [6.45, 7) is 9.96. The van der Waals surface area contributed by atoms with Crippen molar-refractivity contribution in [2.24, 2.45) is 0 Å². The summed E-state index contributed by atoms with van der Waals surface area (Å²) >= 11 is 0. The number of aromatic hydroxyl groups is 2. The monoisotopic (exact) mass is 398 g/mol. The molecule has 0 bridgehead atoms. The molecule has 0 atom stereocenters. The van der Waals surface area contributed by atoms with E-state index < -0.39 is 0 Å². The first-order valence-corrected chi connectivity index (χ1v) is 10.5. The summed E-state index contributed by atoms with van der Waals surface area (Å²) < 4.78 is 0. The zero-order valence-corrected chi connectivity index (χ0v) is 18.8. The van der Waals surface area contributed by atoms with Crippen molar-refractivity contribution >= 4 is 0 Å². The van der Waals surface area contributed by atoms with Gasteiger partial charge in [-0.05, 0) is 103 Å². The van der Waals surface area contributed by atoms with Crippen LogP contribution in [0.25, 0.3) is 0 Å². The average Bonchev–Trinajstić information content (AvgIpc) is 2.63. The molecule has 0 amide bonds.